The highest BCUT2D eigenvalue weighted by molar-refractivity contribution is 5.97. The number of hydrogen-bond acceptors (Lipinski definition) is 6. The summed E-state index contributed by atoms with van der Waals surface area (Å²) >= 11 is 0. The normalized spacial score (nSPS) is 15.0. The van der Waals surface area contributed by atoms with Gasteiger partial charge in [-0.3, -0.25) is 19.9 Å². The number of nitrogens with zero attached hydrogens (tertiary/aromatic N) is 3. The summed E-state index contributed by atoms with van der Waals surface area (Å²) in [4.78, 5) is 29.3. The molecule has 0 saturated carbocycles. The Morgan fingerprint density at radius 1 is 1.26 bits per heavy atom. The molecule has 1 amide bonds. The lowest BCUT2D eigenvalue weighted by atomic mass is 10.0. The van der Waals surface area contributed by atoms with Crippen molar-refractivity contribution >= 4 is 28.2 Å². The number of nitro groups is 1. The number of nitrogens with one attached hydrogen (secondary N) is 1. The van der Waals surface area contributed by atoms with Crippen molar-refractivity contribution in [2.75, 3.05) is 18.4 Å². The van der Waals surface area contributed by atoms with E-state index in [4.69, 9.17) is 4.42 Å². The maximum atomic E-state index is 12.4. The number of carbonyl (C=O) groups is 1. The number of carbonyl (C=O) groups excluding carboxylic acids is 1. The molecule has 4 rings (SSSR count). The van der Waals surface area contributed by atoms with Gasteiger partial charge < -0.3 is 14.6 Å². The largest absolute Gasteiger partial charge is 0.472 e. The number of piperidine rings is 1. The molecule has 0 unspecified atom stereocenters. The van der Waals surface area contributed by atoms with Crippen molar-refractivity contribution < 1.29 is 14.1 Å². The van der Waals surface area contributed by atoms with Gasteiger partial charge in [-0.15, -0.1) is 0 Å². The first kappa shape index (κ1) is 17.0. The summed E-state index contributed by atoms with van der Waals surface area (Å²) in [6.07, 6.45) is 6.16. The Labute approximate surface area is 154 Å². The van der Waals surface area contributed by atoms with Gasteiger partial charge in [0, 0.05) is 31.4 Å². The molecule has 0 bridgehead atoms. The van der Waals surface area contributed by atoms with E-state index in [9.17, 15) is 14.9 Å². The van der Waals surface area contributed by atoms with Crippen LogP contribution in [0.1, 0.15) is 23.2 Å². The van der Waals surface area contributed by atoms with E-state index < -0.39 is 4.92 Å². The van der Waals surface area contributed by atoms with E-state index in [1.165, 1.54) is 18.6 Å². The molecular weight excluding hydrogens is 348 g/mol. The van der Waals surface area contributed by atoms with Gasteiger partial charge in [-0.05, 0) is 37.1 Å². The van der Waals surface area contributed by atoms with Crippen LogP contribution in [0.3, 0.4) is 0 Å². The Hall–Kier alpha value is -3.42. The number of amides is 1. The number of benzene rings is 1. The molecule has 3 aromatic rings. The summed E-state index contributed by atoms with van der Waals surface area (Å²) in [5.74, 6) is -0.0235. The zero-order valence-corrected chi connectivity index (χ0v) is 14.5. The van der Waals surface area contributed by atoms with Gasteiger partial charge in [0.25, 0.3) is 11.6 Å². The van der Waals surface area contributed by atoms with E-state index >= 15 is 0 Å². The molecular formula is C19H18N4O4. The number of non-ortho nitro benzene ring substituents is 1. The second kappa shape index (κ2) is 7.06. The minimum Gasteiger partial charge on any atom is -0.472 e. The summed E-state index contributed by atoms with van der Waals surface area (Å²) in [5.41, 5.74) is 1.97. The van der Waals surface area contributed by atoms with Gasteiger partial charge in [-0.2, -0.15) is 0 Å². The van der Waals surface area contributed by atoms with Gasteiger partial charge in [0.15, 0.2) is 0 Å². The van der Waals surface area contributed by atoms with Crippen LogP contribution in [0.25, 0.3) is 10.9 Å². The zero-order valence-electron chi connectivity index (χ0n) is 14.5. The minimum absolute atomic E-state index is 0.0235. The highest BCUT2D eigenvalue weighted by Gasteiger charge is 2.25. The maximum absolute atomic E-state index is 12.4. The number of hydrogen-bond donors (Lipinski definition) is 1. The quantitative estimate of drug-likeness (QED) is 0.560. The molecule has 1 aliphatic rings. The molecule has 0 atom stereocenters. The number of nitro benzene ring substituents is 1. The standard InChI is InChI=1S/C19H18N4O4/c24-19(13-7-11-27-12-13)22-9-5-14(6-10-22)21-16-3-4-17(23(25)26)15-2-1-8-20-18(15)16/h1-4,7-8,11-12,14,21H,5-6,9-10H2. The first-order valence-electron chi connectivity index (χ1n) is 8.73. The average molecular weight is 366 g/mol. The molecule has 1 saturated heterocycles. The number of likely N-dealkylation sites (tertiary alicyclic amines) is 1. The van der Waals surface area contributed by atoms with Gasteiger partial charge >= 0.3 is 0 Å². The Balaban J connectivity index is 1.47. The molecule has 138 valence electrons. The maximum Gasteiger partial charge on any atom is 0.278 e. The summed E-state index contributed by atoms with van der Waals surface area (Å²) in [5, 5.41) is 15.2. The van der Waals surface area contributed by atoms with Crippen LogP contribution >= 0.6 is 0 Å². The van der Waals surface area contributed by atoms with E-state index in [0.717, 1.165) is 18.5 Å². The predicted octanol–water partition coefficient (Wildman–Crippen LogP) is 3.45. The van der Waals surface area contributed by atoms with Crippen LogP contribution in [0.5, 0.6) is 0 Å². The summed E-state index contributed by atoms with van der Waals surface area (Å²) in [6, 6.07) is 8.45. The fourth-order valence-corrected chi connectivity index (χ4v) is 3.45. The second-order valence-corrected chi connectivity index (χ2v) is 6.51. The molecule has 8 nitrogen and oxygen atoms in total. The van der Waals surface area contributed by atoms with Gasteiger partial charge in [-0.25, -0.2) is 0 Å². The van der Waals surface area contributed by atoms with Crippen LogP contribution in [0, 0.1) is 10.1 Å². The molecule has 1 N–H and O–H groups in total. The lowest BCUT2D eigenvalue weighted by Gasteiger charge is -2.32. The topological polar surface area (TPSA) is 102 Å². The van der Waals surface area contributed by atoms with Gasteiger partial charge in [0.1, 0.15) is 11.8 Å². The van der Waals surface area contributed by atoms with Crippen LogP contribution in [-0.4, -0.2) is 39.8 Å². The van der Waals surface area contributed by atoms with Crippen molar-refractivity contribution in [3.8, 4) is 0 Å². The molecule has 1 aromatic carbocycles. The fourth-order valence-electron chi connectivity index (χ4n) is 3.45. The third kappa shape index (κ3) is 3.33. The van der Waals surface area contributed by atoms with Crippen molar-refractivity contribution in [2.24, 2.45) is 0 Å². The van der Waals surface area contributed by atoms with Crippen molar-refractivity contribution in [3.05, 3.63) is 64.7 Å². The highest BCUT2D eigenvalue weighted by Crippen LogP contribution is 2.31. The average Bonchev–Trinajstić information content (AvgIpc) is 3.23. The van der Waals surface area contributed by atoms with E-state index in [2.05, 4.69) is 10.3 Å². The van der Waals surface area contributed by atoms with E-state index in [0.29, 0.717) is 29.6 Å². The third-order valence-electron chi connectivity index (χ3n) is 4.85. The van der Waals surface area contributed by atoms with E-state index in [1.54, 1.807) is 30.5 Å². The fraction of sp³-hybridized carbons (Fsp3) is 0.263. The number of rotatable bonds is 4. The molecule has 0 aliphatic carbocycles. The minimum atomic E-state index is -0.395. The van der Waals surface area contributed by atoms with E-state index in [-0.39, 0.29) is 17.6 Å². The molecule has 1 aliphatic heterocycles. The monoisotopic (exact) mass is 366 g/mol. The lowest BCUT2D eigenvalue weighted by Crippen LogP contribution is -2.42. The Morgan fingerprint density at radius 3 is 2.78 bits per heavy atom. The van der Waals surface area contributed by atoms with Crippen molar-refractivity contribution in [2.45, 2.75) is 18.9 Å². The molecule has 1 fully saturated rings. The molecule has 8 heteroatoms. The van der Waals surface area contributed by atoms with E-state index in [1.807, 2.05) is 4.90 Å². The number of aromatic nitrogens is 1. The number of furan rings is 1. The molecule has 3 heterocycles. The third-order valence-corrected chi connectivity index (χ3v) is 4.85. The summed E-state index contributed by atoms with van der Waals surface area (Å²) < 4.78 is 4.98. The van der Waals surface area contributed by atoms with Crippen LogP contribution in [0.4, 0.5) is 11.4 Å². The Morgan fingerprint density at radius 2 is 2.07 bits per heavy atom. The van der Waals surface area contributed by atoms with Crippen molar-refractivity contribution in [3.63, 3.8) is 0 Å². The van der Waals surface area contributed by atoms with Gasteiger partial charge in [-0.1, -0.05) is 0 Å². The van der Waals surface area contributed by atoms with Gasteiger partial charge in [0.2, 0.25) is 0 Å². The van der Waals surface area contributed by atoms with Crippen molar-refractivity contribution in [1.29, 1.82) is 0 Å². The predicted molar refractivity (Wildman–Crippen MR) is 99.7 cm³/mol. The van der Waals surface area contributed by atoms with Crippen LogP contribution in [0.15, 0.2) is 53.5 Å². The van der Waals surface area contributed by atoms with Crippen LogP contribution < -0.4 is 5.32 Å². The van der Waals surface area contributed by atoms with Crippen LogP contribution in [0.2, 0.25) is 0 Å². The number of fused-ring (bicyclic) bond motifs is 1. The van der Waals surface area contributed by atoms with Crippen LogP contribution in [-0.2, 0) is 0 Å². The zero-order chi connectivity index (χ0) is 18.8. The number of anilines is 1. The molecule has 0 spiro atoms. The molecule has 0 radical (unpaired) electrons. The van der Waals surface area contributed by atoms with Crippen molar-refractivity contribution in [1.82, 2.24) is 9.88 Å². The summed E-state index contributed by atoms with van der Waals surface area (Å²) in [6.45, 7) is 1.28. The SMILES string of the molecule is O=C(c1ccoc1)N1CCC(Nc2ccc([N+](=O)[O-])c3cccnc23)CC1. The number of pyridine rings is 1. The summed E-state index contributed by atoms with van der Waals surface area (Å²) in [7, 11) is 0. The second-order valence-electron chi connectivity index (χ2n) is 6.51. The Bertz CT molecular complexity index is 979. The first-order chi connectivity index (χ1) is 13.1. The highest BCUT2D eigenvalue weighted by atomic mass is 16.6. The molecule has 2 aromatic heterocycles. The Kier molecular flexibility index (Phi) is 4.45. The lowest BCUT2D eigenvalue weighted by molar-refractivity contribution is -0.383. The van der Waals surface area contributed by atoms with Gasteiger partial charge in [0.05, 0.1) is 27.8 Å². The first-order valence-corrected chi connectivity index (χ1v) is 8.73. The smallest absolute Gasteiger partial charge is 0.278 e. The molecule has 27 heavy (non-hydrogen) atoms.